The third kappa shape index (κ3) is 7.43. The Hall–Kier alpha value is -2.28. The molecule has 1 aromatic rings. The van der Waals surface area contributed by atoms with E-state index in [1.165, 1.54) is 13.0 Å². The second-order valence-corrected chi connectivity index (χ2v) is 6.27. The summed E-state index contributed by atoms with van der Waals surface area (Å²) in [5.41, 5.74) is 0.459. The van der Waals surface area contributed by atoms with Crippen molar-refractivity contribution in [3.05, 3.63) is 48.6 Å². The summed E-state index contributed by atoms with van der Waals surface area (Å²) < 4.78 is 5.20. The van der Waals surface area contributed by atoms with Crippen molar-refractivity contribution in [3.8, 4) is 0 Å². The number of benzene rings is 1. The molecule has 25 heavy (non-hydrogen) atoms. The predicted octanol–water partition coefficient (Wildman–Crippen LogP) is 1.77. The number of amides is 2. The van der Waals surface area contributed by atoms with Gasteiger partial charge in [-0.15, -0.1) is 6.58 Å². The zero-order chi connectivity index (χ0) is 18.7. The van der Waals surface area contributed by atoms with Crippen LogP contribution in [0.15, 0.2) is 43.0 Å². The smallest absolute Gasteiger partial charge is 0.329 e. The first-order chi connectivity index (χ1) is 12.0. The fourth-order valence-corrected chi connectivity index (χ4v) is 2.41. The Morgan fingerprint density at radius 2 is 1.96 bits per heavy atom. The maximum absolute atomic E-state index is 12.4. The number of carbonyl (C=O) groups is 3. The molecule has 0 aliphatic rings. The number of esters is 1. The van der Waals surface area contributed by atoms with Crippen molar-refractivity contribution in [1.29, 1.82) is 0 Å². The highest BCUT2D eigenvalue weighted by atomic mass is 32.2. The van der Waals surface area contributed by atoms with E-state index in [1.807, 2.05) is 6.26 Å². The molecule has 0 fully saturated rings. The van der Waals surface area contributed by atoms with Crippen LogP contribution >= 0.6 is 11.8 Å². The van der Waals surface area contributed by atoms with Gasteiger partial charge in [-0.1, -0.05) is 24.3 Å². The standard InChI is InChI=1S/C18H24N2O4S/c1-4-11-19-16(21)13(2)24-18(23)15(10-12-25-3)20-17(22)14-8-6-5-7-9-14/h4-9,13,15H,1,10-12H2,2-3H3,(H,19,21)(H,20,22)/t13-,15+/m0/s1. The molecular weight excluding hydrogens is 340 g/mol. The highest BCUT2D eigenvalue weighted by Gasteiger charge is 2.26. The van der Waals surface area contributed by atoms with Gasteiger partial charge < -0.3 is 15.4 Å². The molecule has 0 unspecified atom stereocenters. The summed E-state index contributed by atoms with van der Waals surface area (Å²) in [7, 11) is 0. The van der Waals surface area contributed by atoms with Crippen LogP contribution in [0.25, 0.3) is 0 Å². The van der Waals surface area contributed by atoms with Gasteiger partial charge in [0.05, 0.1) is 0 Å². The highest BCUT2D eigenvalue weighted by molar-refractivity contribution is 7.98. The van der Waals surface area contributed by atoms with Gasteiger partial charge in [-0.2, -0.15) is 11.8 Å². The van der Waals surface area contributed by atoms with Crippen molar-refractivity contribution in [1.82, 2.24) is 10.6 Å². The monoisotopic (exact) mass is 364 g/mol. The summed E-state index contributed by atoms with van der Waals surface area (Å²) in [6, 6.07) is 7.82. The van der Waals surface area contributed by atoms with Crippen LogP contribution in [0.3, 0.4) is 0 Å². The third-order valence-electron chi connectivity index (χ3n) is 3.32. The van der Waals surface area contributed by atoms with E-state index in [-0.39, 0.29) is 5.91 Å². The Labute approximate surface area is 152 Å². The molecule has 1 aromatic carbocycles. The van der Waals surface area contributed by atoms with Crippen molar-refractivity contribution in [2.45, 2.75) is 25.5 Å². The number of nitrogens with one attached hydrogen (secondary N) is 2. The van der Waals surface area contributed by atoms with E-state index in [9.17, 15) is 14.4 Å². The Balaban J connectivity index is 2.69. The van der Waals surface area contributed by atoms with Crippen LogP contribution in [0.4, 0.5) is 0 Å². The van der Waals surface area contributed by atoms with Gasteiger partial charge in [0.2, 0.25) is 0 Å². The predicted molar refractivity (Wildman–Crippen MR) is 99.5 cm³/mol. The third-order valence-corrected chi connectivity index (χ3v) is 3.96. The molecule has 0 aliphatic heterocycles. The van der Waals surface area contributed by atoms with Crippen molar-refractivity contribution in [2.75, 3.05) is 18.6 Å². The van der Waals surface area contributed by atoms with E-state index >= 15 is 0 Å². The van der Waals surface area contributed by atoms with Crippen molar-refractivity contribution in [2.24, 2.45) is 0 Å². The molecule has 0 radical (unpaired) electrons. The molecule has 2 atom stereocenters. The fraction of sp³-hybridized carbons (Fsp3) is 0.389. The van der Waals surface area contributed by atoms with E-state index in [1.54, 1.807) is 42.1 Å². The number of carbonyl (C=O) groups excluding carboxylic acids is 3. The van der Waals surface area contributed by atoms with Crippen LogP contribution in [0, 0.1) is 0 Å². The number of rotatable bonds is 10. The van der Waals surface area contributed by atoms with Crippen molar-refractivity contribution >= 4 is 29.5 Å². The lowest BCUT2D eigenvalue weighted by Gasteiger charge is -2.20. The lowest BCUT2D eigenvalue weighted by atomic mass is 10.1. The van der Waals surface area contributed by atoms with E-state index in [0.717, 1.165) is 0 Å². The van der Waals surface area contributed by atoms with Gasteiger partial charge in [0.15, 0.2) is 6.10 Å². The topological polar surface area (TPSA) is 84.5 Å². The second-order valence-electron chi connectivity index (χ2n) is 5.29. The molecule has 0 bridgehead atoms. The van der Waals surface area contributed by atoms with Crippen molar-refractivity contribution < 1.29 is 19.1 Å². The fourth-order valence-electron chi connectivity index (χ4n) is 1.94. The molecule has 0 saturated carbocycles. The summed E-state index contributed by atoms with van der Waals surface area (Å²) in [4.78, 5) is 36.4. The van der Waals surface area contributed by atoms with Gasteiger partial charge in [0, 0.05) is 12.1 Å². The SMILES string of the molecule is C=CCNC(=O)[C@H](C)OC(=O)[C@@H](CCSC)NC(=O)c1ccccc1. The van der Waals surface area contributed by atoms with Gasteiger partial charge in [-0.05, 0) is 37.5 Å². The summed E-state index contributed by atoms with van der Waals surface area (Å²) in [5.74, 6) is -0.718. The molecule has 0 aliphatic carbocycles. The van der Waals surface area contributed by atoms with E-state index in [2.05, 4.69) is 17.2 Å². The summed E-state index contributed by atoms with van der Waals surface area (Å²) in [6.07, 6.45) is 2.91. The average Bonchev–Trinajstić information content (AvgIpc) is 2.63. The molecule has 0 aromatic heterocycles. The molecular formula is C18H24N2O4S. The largest absolute Gasteiger partial charge is 0.451 e. The van der Waals surface area contributed by atoms with Crippen LogP contribution in [-0.2, 0) is 14.3 Å². The number of ether oxygens (including phenoxy) is 1. The molecule has 0 heterocycles. The summed E-state index contributed by atoms with van der Waals surface area (Å²) in [6.45, 7) is 5.28. The minimum Gasteiger partial charge on any atom is -0.451 e. The van der Waals surface area contributed by atoms with Crippen LogP contribution in [0.5, 0.6) is 0 Å². The first-order valence-electron chi connectivity index (χ1n) is 7.93. The zero-order valence-corrected chi connectivity index (χ0v) is 15.3. The Morgan fingerprint density at radius 3 is 2.56 bits per heavy atom. The highest BCUT2D eigenvalue weighted by Crippen LogP contribution is 2.07. The molecule has 6 nitrogen and oxygen atoms in total. The lowest BCUT2D eigenvalue weighted by molar-refractivity contribution is -0.156. The number of thioether (sulfide) groups is 1. The quantitative estimate of drug-likeness (QED) is 0.488. The van der Waals surface area contributed by atoms with E-state index in [0.29, 0.717) is 24.3 Å². The zero-order valence-electron chi connectivity index (χ0n) is 14.5. The molecule has 7 heteroatoms. The van der Waals surface area contributed by atoms with Gasteiger partial charge >= 0.3 is 5.97 Å². The van der Waals surface area contributed by atoms with Gasteiger partial charge in [0.25, 0.3) is 11.8 Å². The molecule has 2 amide bonds. The number of hydrogen-bond donors (Lipinski definition) is 2. The van der Waals surface area contributed by atoms with Crippen LogP contribution in [0.2, 0.25) is 0 Å². The van der Waals surface area contributed by atoms with Crippen molar-refractivity contribution in [3.63, 3.8) is 0 Å². The molecule has 1 rings (SSSR count). The van der Waals surface area contributed by atoms with E-state index < -0.39 is 24.0 Å². The number of hydrogen-bond acceptors (Lipinski definition) is 5. The van der Waals surface area contributed by atoms with Gasteiger partial charge in [-0.3, -0.25) is 9.59 Å². The lowest BCUT2D eigenvalue weighted by Crippen LogP contribution is -2.45. The Bertz CT molecular complexity index is 592. The van der Waals surface area contributed by atoms with Gasteiger partial charge in [-0.25, -0.2) is 4.79 Å². The van der Waals surface area contributed by atoms with Gasteiger partial charge in [0.1, 0.15) is 6.04 Å². The maximum atomic E-state index is 12.4. The normalized spacial score (nSPS) is 12.6. The van der Waals surface area contributed by atoms with Crippen LogP contribution < -0.4 is 10.6 Å². The maximum Gasteiger partial charge on any atom is 0.329 e. The Kier molecular flexibility index (Phi) is 9.39. The summed E-state index contributed by atoms with van der Waals surface area (Å²) >= 11 is 1.56. The Morgan fingerprint density at radius 1 is 1.28 bits per heavy atom. The minimum absolute atomic E-state index is 0.293. The van der Waals surface area contributed by atoms with Crippen LogP contribution in [0.1, 0.15) is 23.7 Å². The minimum atomic E-state index is -0.946. The molecule has 0 saturated heterocycles. The average molecular weight is 364 g/mol. The van der Waals surface area contributed by atoms with E-state index in [4.69, 9.17) is 4.74 Å². The first kappa shape index (κ1) is 20.8. The molecule has 0 spiro atoms. The second kappa shape index (κ2) is 11.3. The summed E-state index contributed by atoms with van der Waals surface area (Å²) in [5, 5.41) is 5.24. The first-order valence-corrected chi connectivity index (χ1v) is 9.33. The molecule has 2 N–H and O–H groups in total. The molecule has 136 valence electrons. The van der Waals surface area contributed by atoms with Crippen LogP contribution in [-0.4, -0.2) is 48.5 Å².